The number of aliphatic hydroxyl groups is 1. The Bertz CT molecular complexity index is 1180. The van der Waals surface area contributed by atoms with Crippen LogP contribution in [-0.4, -0.2) is 90.3 Å². The van der Waals surface area contributed by atoms with Crippen LogP contribution in [0.5, 0.6) is 11.5 Å². The molecule has 2 aliphatic heterocycles. The third-order valence-corrected chi connectivity index (χ3v) is 8.75. The zero-order valence-electron chi connectivity index (χ0n) is 24.5. The van der Waals surface area contributed by atoms with Gasteiger partial charge in [-0.25, -0.2) is 9.59 Å². The number of alkyl carbamates (subject to hydrolysis) is 1. The van der Waals surface area contributed by atoms with Gasteiger partial charge in [-0.2, -0.15) is 0 Å². The molecule has 1 fully saturated rings. The number of nitrogens with one attached hydrogen (secondary N) is 1. The molecule has 0 saturated carbocycles. The standard InChI is InChI=1S/C30H43N3O7/c1-7-32(5)22-16-18-11-12-20(37-6)25-23(18)24-26(39-25)21(13-14-30(22,24)36)38-28(35)33-15-9-8-10-19(33)17-31-27(34)40-29(2,3)4/h11-13,19,22,24,26,36H,7-10,14-17H2,1-6H3,(H,31,34)/t19?,22?,24?,26-,30+/m0/s1. The average Bonchev–Trinajstić information content (AvgIpc) is 3.33. The molecule has 5 rings (SSSR count). The molecule has 10 nitrogen and oxygen atoms in total. The molecule has 2 aliphatic carbocycles. The van der Waals surface area contributed by atoms with E-state index in [1.54, 1.807) is 12.0 Å². The summed E-state index contributed by atoms with van der Waals surface area (Å²) in [5, 5.41) is 15.0. The van der Waals surface area contributed by atoms with Gasteiger partial charge in [0.25, 0.3) is 0 Å². The molecule has 2 heterocycles. The summed E-state index contributed by atoms with van der Waals surface area (Å²) in [7, 11) is 3.63. The van der Waals surface area contributed by atoms with Crippen molar-refractivity contribution in [3.05, 3.63) is 35.1 Å². The van der Waals surface area contributed by atoms with E-state index in [0.717, 1.165) is 36.9 Å². The fourth-order valence-electron chi connectivity index (χ4n) is 6.72. The number of likely N-dealkylation sites (N-methyl/N-ethyl adjacent to an activating group) is 1. The molecule has 1 saturated heterocycles. The van der Waals surface area contributed by atoms with E-state index in [9.17, 15) is 14.7 Å². The Morgan fingerprint density at radius 2 is 2.05 bits per heavy atom. The zero-order chi connectivity index (χ0) is 28.8. The van der Waals surface area contributed by atoms with Crippen molar-refractivity contribution in [3.8, 4) is 11.5 Å². The van der Waals surface area contributed by atoms with Crippen molar-refractivity contribution in [2.45, 2.75) is 95.1 Å². The smallest absolute Gasteiger partial charge is 0.415 e. The number of rotatable bonds is 6. The summed E-state index contributed by atoms with van der Waals surface area (Å²) in [4.78, 5) is 29.7. The van der Waals surface area contributed by atoms with Gasteiger partial charge in [-0.05, 0) is 77.8 Å². The van der Waals surface area contributed by atoms with Gasteiger partial charge in [-0.15, -0.1) is 0 Å². The second-order valence-electron chi connectivity index (χ2n) is 12.4. The van der Waals surface area contributed by atoms with Gasteiger partial charge in [0.1, 0.15) is 11.4 Å². The van der Waals surface area contributed by atoms with Crippen molar-refractivity contribution in [1.82, 2.24) is 15.1 Å². The van der Waals surface area contributed by atoms with E-state index in [0.29, 0.717) is 36.6 Å². The highest BCUT2D eigenvalue weighted by atomic mass is 16.6. The Labute approximate surface area is 236 Å². The number of hydrogen-bond donors (Lipinski definition) is 2. The lowest BCUT2D eigenvalue weighted by molar-refractivity contribution is -0.0884. The van der Waals surface area contributed by atoms with Crippen LogP contribution in [0, 0.1) is 0 Å². The summed E-state index contributed by atoms with van der Waals surface area (Å²) in [6.07, 6.45) is 3.79. The topological polar surface area (TPSA) is 110 Å². The molecule has 40 heavy (non-hydrogen) atoms. The van der Waals surface area contributed by atoms with Crippen molar-refractivity contribution < 1.29 is 33.6 Å². The van der Waals surface area contributed by atoms with E-state index in [4.69, 9.17) is 18.9 Å². The van der Waals surface area contributed by atoms with Gasteiger partial charge in [0, 0.05) is 31.1 Å². The molecular weight excluding hydrogens is 514 g/mol. The van der Waals surface area contributed by atoms with Crippen LogP contribution in [0.1, 0.15) is 70.4 Å². The Morgan fingerprint density at radius 3 is 2.75 bits per heavy atom. The summed E-state index contributed by atoms with van der Waals surface area (Å²) in [5.74, 6) is 1.24. The van der Waals surface area contributed by atoms with Crippen LogP contribution in [0.3, 0.4) is 0 Å². The van der Waals surface area contributed by atoms with Crippen molar-refractivity contribution in [1.29, 1.82) is 0 Å². The maximum Gasteiger partial charge on any atom is 0.415 e. The predicted octanol–water partition coefficient (Wildman–Crippen LogP) is 3.95. The first-order valence-electron chi connectivity index (χ1n) is 14.4. The summed E-state index contributed by atoms with van der Waals surface area (Å²) in [6, 6.07) is 3.64. The number of benzene rings is 1. The van der Waals surface area contributed by atoms with E-state index in [-0.39, 0.29) is 24.5 Å². The van der Waals surface area contributed by atoms with E-state index in [1.165, 1.54) is 0 Å². The fourth-order valence-corrected chi connectivity index (χ4v) is 6.72. The molecule has 2 amide bonds. The second kappa shape index (κ2) is 10.8. The number of piperidine rings is 1. The van der Waals surface area contributed by atoms with Crippen LogP contribution in [0.25, 0.3) is 0 Å². The summed E-state index contributed by atoms with van der Waals surface area (Å²) < 4.78 is 23.5. The van der Waals surface area contributed by atoms with Crippen LogP contribution in [0.4, 0.5) is 9.59 Å². The van der Waals surface area contributed by atoms with E-state index in [2.05, 4.69) is 23.2 Å². The summed E-state index contributed by atoms with van der Waals surface area (Å²) in [6.45, 7) is 9.13. The third-order valence-electron chi connectivity index (χ3n) is 8.75. The first-order chi connectivity index (χ1) is 19.0. The van der Waals surface area contributed by atoms with Crippen molar-refractivity contribution >= 4 is 12.2 Å². The van der Waals surface area contributed by atoms with E-state index >= 15 is 0 Å². The van der Waals surface area contributed by atoms with E-state index in [1.807, 2.05) is 40.0 Å². The van der Waals surface area contributed by atoms with Crippen LogP contribution in [0.15, 0.2) is 24.0 Å². The minimum absolute atomic E-state index is 0.112. The van der Waals surface area contributed by atoms with Crippen molar-refractivity contribution in [3.63, 3.8) is 0 Å². The second-order valence-corrected chi connectivity index (χ2v) is 12.4. The van der Waals surface area contributed by atoms with E-state index < -0.39 is 29.5 Å². The molecular formula is C30H43N3O7. The fraction of sp³-hybridized carbons (Fsp3) is 0.667. The minimum Gasteiger partial charge on any atom is -0.493 e. The molecule has 10 heteroatoms. The molecule has 5 atom stereocenters. The summed E-state index contributed by atoms with van der Waals surface area (Å²) >= 11 is 0. The number of hydrogen-bond acceptors (Lipinski definition) is 8. The monoisotopic (exact) mass is 557 g/mol. The van der Waals surface area contributed by atoms with Gasteiger partial charge in [0.05, 0.1) is 24.7 Å². The van der Waals surface area contributed by atoms with Gasteiger partial charge < -0.3 is 39.2 Å². The molecule has 0 spiro atoms. The lowest BCUT2D eigenvalue weighted by Gasteiger charge is -2.50. The Morgan fingerprint density at radius 1 is 1.27 bits per heavy atom. The van der Waals surface area contributed by atoms with Crippen LogP contribution in [0.2, 0.25) is 0 Å². The molecule has 1 aromatic carbocycles. The minimum atomic E-state index is -1.08. The Hall–Kier alpha value is -2.98. The number of nitrogens with zero attached hydrogens (tertiary/aromatic N) is 2. The van der Waals surface area contributed by atoms with Gasteiger partial charge in [0.15, 0.2) is 17.6 Å². The predicted molar refractivity (Wildman–Crippen MR) is 149 cm³/mol. The normalized spacial score (nSPS) is 28.8. The molecule has 0 radical (unpaired) electrons. The lowest BCUT2D eigenvalue weighted by atomic mass is 9.63. The molecule has 4 aliphatic rings. The van der Waals surface area contributed by atoms with Gasteiger partial charge >= 0.3 is 12.2 Å². The molecule has 0 aromatic heterocycles. The highest BCUT2D eigenvalue weighted by Crippen LogP contribution is 2.59. The first kappa shape index (κ1) is 28.5. The first-order valence-corrected chi connectivity index (χ1v) is 14.4. The maximum absolute atomic E-state index is 13.6. The van der Waals surface area contributed by atoms with Crippen molar-refractivity contribution in [2.24, 2.45) is 0 Å². The number of amides is 2. The zero-order valence-corrected chi connectivity index (χ0v) is 24.5. The number of methoxy groups -OCH3 is 1. The van der Waals surface area contributed by atoms with Gasteiger partial charge in [-0.1, -0.05) is 13.0 Å². The maximum atomic E-state index is 13.6. The Balaban J connectivity index is 1.37. The van der Waals surface area contributed by atoms with Crippen LogP contribution < -0.4 is 14.8 Å². The molecule has 1 aromatic rings. The molecule has 2 N–H and O–H groups in total. The molecule has 220 valence electrons. The number of likely N-dealkylation sites (tertiary alicyclic amines) is 1. The molecule has 3 unspecified atom stereocenters. The van der Waals surface area contributed by atoms with Gasteiger partial charge in [0.2, 0.25) is 0 Å². The van der Waals surface area contributed by atoms with Crippen molar-refractivity contribution in [2.75, 3.05) is 33.8 Å². The average molecular weight is 558 g/mol. The largest absolute Gasteiger partial charge is 0.493 e. The number of carbonyl (C=O) groups excluding carboxylic acids is 2. The quantitative estimate of drug-likeness (QED) is 0.541. The van der Waals surface area contributed by atoms with Crippen LogP contribution in [-0.2, 0) is 15.9 Å². The highest BCUT2D eigenvalue weighted by Gasteiger charge is 2.60. The molecule has 0 bridgehead atoms. The summed E-state index contributed by atoms with van der Waals surface area (Å²) in [5.41, 5.74) is 0.388. The third kappa shape index (κ3) is 5.11. The SMILES string of the molecule is CCN(C)C1Cc2ccc(OC)c3c2C2[C@@H](O3)C(OC(=O)N3CCCCC3CNC(=O)OC(C)(C)C)=CC[C@]21O. The lowest BCUT2D eigenvalue weighted by Crippen LogP contribution is -2.61. The Kier molecular flexibility index (Phi) is 7.69. The number of ether oxygens (including phenoxy) is 4. The van der Waals surface area contributed by atoms with Gasteiger partial charge in [-0.3, -0.25) is 0 Å². The number of carbonyl (C=O) groups is 2. The highest BCUT2D eigenvalue weighted by molar-refractivity contribution is 5.71. The van der Waals surface area contributed by atoms with Crippen LogP contribution >= 0.6 is 0 Å².